The standard InChI is InChI=1S/C14H16N2O/c15-13(9-11-5-2-1-3-6-11)14(17)12-7-4-8-16-10-12/h1-8,10,13-14,17H,9,15H2. The number of rotatable bonds is 4. The average molecular weight is 228 g/mol. The van der Waals surface area contributed by atoms with E-state index < -0.39 is 6.10 Å². The number of aromatic nitrogens is 1. The molecule has 0 bridgehead atoms. The van der Waals surface area contributed by atoms with Gasteiger partial charge in [-0.05, 0) is 18.1 Å². The highest BCUT2D eigenvalue weighted by Gasteiger charge is 2.17. The molecule has 88 valence electrons. The Labute approximate surface area is 101 Å². The molecule has 0 saturated heterocycles. The van der Waals surface area contributed by atoms with Crippen LogP contribution < -0.4 is 5.73 Å². The maximum atomic E-state index is 10.1. The summed E-state index contributed by atoms with van der Waals surface area (Å²) in [5, 5.41) is 10.1. The van der Waals surface area contributed by atoms with Crippen LogP contribution in [0, 0.1) is 0 Å². The molecule has 1 aromatic heterocycles. The van der Waals surface area contributed by atoms with Crippen molar-refractivity contribution in [3.63, 3.8) is 0 Å². The van der Waals surface area contributed by atoms with Crippen LogP contribution in [0.3, 0.4) is 0 Å². The van der Waals surface area contributed by atoms with Crippen LogP contribution in [0.5, 0.6) is 0 Å². The zero-order valence-electron chi connectivity index (χ0n) is 9.53. The summed E-state index contributed by atoms with van der Waals surface area (Å²) in [4.78, 5) is 3.98. The van der Waals surface area contributed by atoms with Crippen molar-refractivity contribution >= 4 is 0 Å². The maximum absolute atomic E-state index is 10.1. The Bertz CT molecular complexity index is 444. The van der Waals surface area contributed by atoms with E-state index in [1.165, 1.54) is 0 Å². The fourth-order valence-electron chi connectivity index (χ4n) is 1.80. The summed E-state index contributed by atoms with van der Waals surface area (Å²) in [6.07, 6.45) is 3.30. The third-order valence-corrected chi connectivity index (χ3v) is 2.75. The van der Waals surface area contributed by atoms with E-state index in [1.54, 1.807) is 18.5 Å². The van der Waals surface area contributed by atoms with Crippen molar-refractivity contribution in [2.24, 2.45) is 5.73 Å². The fraction of sp³-hybridized carbons (Fsp3) is 0.214. The molecular formula is C14H16N2O. The maximum Gasteiger partial charge on any atom is 0.0958 e. The summed E-state index contributed by atoms with van der Waals surface area (Å²) < 4.78 is 0. The molecular weight excluding hydrogens is 212 g/mol. The highest BCUT2D eigenvalue weighted by atomic mass is 16.3. The molecule has 2 rings (SSSR count). The van der Waals surface area contributed by atoms with Crippen LogP contribution in [-0.2, 0) is 6.42 Å². The number of pyridine rings is 1. The largest absolute Gasteiger partial charge is 0.387 e. The SMILES string of the molecule is NC(Cc1ccccc1)C(O)c1cccnc1. The van der Waals surface area contributed by atoms with E-state index >= 15 is 0 Å². The molecule has 2 aromatic rings. The van der Waals surface area contributed by atoms with E-state index in [9.17, 15) is 5.11 Å². The van der Waals surface area contributed by atoms with Gasteiger partial charge < -0.3 is 10.8 Å². The summed E-state index contributed by atoms with van der Waals surface area (Å²) in [6, 6.07) is 13.2. The Balaban J connectivity index is 2.03. The molecule has 2 atom stereocenters. The van der Waals surface area contributed by atoms with Gasteiger partial charge in [-0.2, -0.15) is 0 Å². The van der Waals surface area contributed by atoms with Crippen LogP contribution in [-0.4, -0.2) is 16.1 Å². The predicted molar refractivity (Wildman–Crippen MR) is 67.3 cm³/mol. The van der Waals surface area contributed by atoms with E-state index in [1.807, 2.05) is 36.4 Å². The molecule has 0 aliphatic heterocycles. The quantitative estimate of drug-likeness (QED) is 0.837. The molecule has 1 heterocycles. The zero-order valence-corrected chi connectivity index (χ0v) is 9.53. The van der Waals surface area contributed by atoms with E-state index in [0.717, 1.165) is 11.1 Å². The lowest BCUT2D eigenvalue weighted by Crippen LogP contribution is -2.30. The van der Waals surface area contributed by atoms with Crippen molar-refractivity contribution in [1.29, 1.82) is 0 Å². The van der Waals surface area contributed by atoms with Gasteiger partial charge in [-0.15, -0.1) is 0 Å². The van der Waals surface area contributed by atoms with Crippen LogP contribution in [0.4, 0.5) is 0 Å². The second-order valence-electron chi connectivity index (χ2n) is 4.08. The lowest BCUT2D eigenvalue weighted by Gasteiger charge is -2.18. The summed E-state index contributed by atoms with van der Waals surface area (Å²) in [6.45, 7) is 0. The highest BCUT2D eigenvalue weighted by Crippen LogP contribution is 2.17. The minimum absolute atomic E-state index is 0.318. The van der Waals surface area contributed by atoms with E-state index in [-0.39, 0.29) is 6.04 Å². The smallest absolute Gasteiger partial charge is 0.0958 e. The molecule has 3 nitrogen and oxygen atoms in total. The van der Waals surface area contributed by atoms with Crippen LogP contribution in [0.2, 0.25) is 0 Å². The summed E-state index contributed by atoms with van der Waals surface area (Å²) in [7, 11) is 0. The van der Waals surface area contributed by atoms with Gasteiger partial charge in [0.25, 0.3) is 0 Å². The van der Waals surface area contributed by atoms with Gasteiger partial charge in [0.05, 0.1) is 6.10 Å². The number of nitrogens with zero attached hydrogens (tertiary/aromatic N) is 1. The van der Waals surface area contributed by atoms with Gasteiger partial charge in [0, 0.05) is 24.0 Å². The summed E-state index contributed by atoms with van der Waals surface area (Å²) >= 11 is 0. The van der Waals surface area contributed by atoms with Gasteiger partial charge in [0.2, 0.25) is 0 Å². The lowest BCUT2D eigenvalue weighted by molar-refractivity contribution is 0.146. The Morgan fingerprint density at radius 1 is 1.12 bits per heavy atom. The van der Waals surface area contributed by atoms with Gasteiger partial charge in [-0.3, -0.25) is 4.98 Å². The normalized spacial score (nSPS) is 14.2. The Kier molecular flexibility index (Phi) is 3.85. The predicted octanol–water partition coefficient (Wildman–Crippen LogP) is 1.69. The Morgan fingerprint density at radius 2 is 1.88 bits per heavy atom. The van der Waals surface area contributed by atoms with Gasteiger partial charge in [-0.25, -0.2) is 0 Å². The molecule has 0 amide bonds. The van der Waals surface area contributed by atoms with Crippen LogP contribution in [0.15, 0.2) is 54.9 Å². The Hall–Kier alpha value is -1.71. The third kappa shape index (κ3) is 3.12. The topological polar surface area (TPSA) is 59.1 Å². The summed E-state index contributed by atoms with van der Waals surface area (Å²) in [5.41, 5.74) is 7.89. The molecule has 0 saturated carbocycles. The van der Waals surface area contributed by atoms with Crippen molar-refractivity contribution in [2.45, 2.75) is 18.6 Å². The van der Waals surface area contributed by atoms with Crippen LogP contribution >= 0.6 is 0 Å². The molecule has 3 heteroatoms. The molecule has 2 unspecified atom stereocenters. The third-order valence-electron chi connectivity index (χ3n) is 2.75. The van der Waals surface area contributed by atoms with Crippen molar-refractivity contribution < 1.29 is 5.11 Å². The van der Waals surface area contributed by atoms with Gasteiger partial charge in [0.1, 0.15) is 0 Å². The highest BCUT2D eigenvalue weighted by molar-refractivity contribution is 5.19. The lowest BCUT2D eigenvalue weighted by atomic mass is 9.98. The minimum Gasteiger partial charge on any atom is -0.387 e. The first-order valence-corrected chi connectivity index (χ1v) is 5.65. The van der Waals surface area contributed by atoms with E-state index in [4.69, 9.17) is 5.73 Å². The monoisotopic (exact) mass is 228 g/mol. The number of nitrogens with two attached hydrogens (primary N) is 1. The van der Waals surface area contributed by atoms with Gasteiger partial charge in [0.15, 0.2) is 0 Å². The first-order chi connectivity index (χ1) is 8.27. The van der Waals surface area contributed by atoms with Gasteiger partial charge in [-0.1, -0.05) is 36.4 Å². The van der Waals surface area contributed by atoms with E-state index in [2.05, 4.69) is 4.98 Å². The van der Waals surface area contributed by atoms with Crippen LogP contribution in [0.25, 0.3) is 0 Å². The second kappa shape index (κ2) is 5.57. The average Bonchev–Trinajstić information content (AvgIpc) is 2.40. The molecule has 0 spiro atoms. The molecule has 0 aliphatic rings. The molecule has 17 heavy (non-hydrogen) atoms. The minimum atomic E-state index is -0.677. The molecule has 3 N–H and O–H groups in total. The zero-order chi connectivity index (χ0) is 12.1. The first-order valence-electron chi connectivity index (χ1n) is 5.65. The van der Waals surface area contributed by atoms with Crippen molar-refractivity contribution in [2.75, 3.05) is 0 Å². The number of benzene rings is 1. The second-order valence-corrected chi connectivity index (χ2v) is 4.08. The molecule has 0 fully saturated rings. The Morgan fingerprint density at radius 3 is 2.53 bits per heavy atom. The van der Waals surface area contributed by atoms with Gasteiger partial charge >= 0.3 is 0 Å². The summed E-state index contributed by atoms with van der Waals surface area (Å²) in [5.74, 6) is 0. The molecule has 0 radical (unpaired) electrons. The number of aliphatic hydroxyl groups is 1. The van der Waals surface area contributed by atoms with Crippen molar-refractivity contribution in [3.8, 4) is 0 Å². The number of aliphatic hydroxyl groups excluding tert-OH is 1. The first kappa shape index (κ1) is 11.8. The van der Waals surface area contributed by atoms with Crippen LogP contribution in [0.1, 0.15) is 17.2 Å². The van der Waals surface area contributed by atoms with Crippen molar-refractivity contribution in [3.05, 3.63) is 66.0 Å². The number of hydrogen-bond donors (Lipinski definition) is 2. The van der Waals surface area contributed by atoms with E-state index in [0.29, 0.717) is 6.42 Å². The van der Waals surface area contributed by atoms with Crippen molar-refractivity contribution in [1.82, 2.24) is 4.98 Å². The molecule has 1 aromatic carbocycles. The molecule has 0 aliphatic carbocycles. The number of hydrogen-bond acceptors (Lipinski definition) is 3. The fourth-order valence-corrected chi connectivity index (χ4v) is 1.80.